The standard InChI is InChI=1S/C6H11ClO3/c7-4-5(1-2-8)3-6(9)10/h5,8H,1-4H2,(H,9,10). The second-order valence-electron chi connectivity index (χ2n) is 2.13. The summed E-state index contributed by atoms with van der Waals surface area (Å²) in [6.45, 7) is 0.00463. The monoisotopic (exact) mass is 166 g/mol. The van der Waals surface area contributed by atoms with Gasteiger partial charge in [0.2, 0.25) is 0 Å². The van der Waals surface area contributed by atoms with E-state index in [1.54, 1.807) is 0 Å². The van der Waals surface area contributed by atoms with Crippen molar-refractivity contribution in [2.24, 2.45) is 5.92 Å². The number of carboxylic acid groups (broad SMARTS) is 1. The summed E-state index contributed by atoms with van der Waals surface area (Å²) < 4.78 is 0. The average molecular weight is 167 g/mol. The molecular weight excluding hydrogens is 156 g/mol. The molecule has 0 aromatic heterocycles. The van der Waals surface area contributed by atoms with Crippen LogP contribution in [0.3, 0.4) is 0 Å². The van der Waals surface area contributed by atoms with Crippen LogP contribution in [-0.2, 0) is 4.79 Å². The first-order chi connectivity index (χ1) is 4.70. The van der Waals surface area contributed by atoms with Crippen molar-refractivity contribution in [3.05, 3.63) is 0 Å². The summed E-state index contributed by atoms with van der Waals surface area (Å²) in [5, 5.41) is 16.7. The van der Waals surface area contributed by atoms with Crippen molar-refractivity contribution in [1.29, 1.82) is 0 Å². The molecule has 60 valence electrons. The van der Waals surface area contributed by atoms with E-state index in [2.05, 4.69) is 0 Å². The van der Waals surface area contributed by atoms with Gasteiger partial charge < -0.3 is 10.2 Å². The highest BCUT2D eigenvalue weighted by atomic mass is 35.5. The molecule has 0 aromatic rings. The fourth-order valence-corrected chi connectivity index (χ4v) is 0.927. The Morgan fingerprint density at radius 3 is 2.50 bits per heavy atom. The molecule has 0 bridgehead atoms. The van der Waals surface area contributed by atoms with Gasteiger partial charge in [-0.3, -0.25) is 4.79 Å². The molecule has 0 heterocycles. The van der Waals surface area contributed by atoms with Crippen LogP contribution in [0.15, 0.2) is 0 Å². The van der Waals surface area contributed by atoms with Crippen molar-refractivity contribution in [3.63, 3.8) is 0 Å². The van der Waals surface area contributed by atoms with Gasteiger partial charge in [-0.1, -0.05) is 0 Å². The van der Waals surface area contributed by atoms with Gasteiger partial charge in [0.1, 0.15) is 0 Å². The topological polar surface area (TPSA) is 57.5 Å². The number of carboxylic acids is 1. The van der Waals surface area contributed by atoms with Crippen LogP contribution in [0.2, 0.25) is 0 Å². The molecule has 0 amide bonds. The number of aliphatic hydroxyl groups is 1. The third-order valence-corrected chi connectivity index (χ3v) is 1.66. The smallest absolute Gasteiger partial charge is 0.303 e. The molecule has 0 rings (SSSR count). The van der Waals surface area contributed by atoms with Crippen molar-refractivity contribution in [2.45, 2.75) is 12.8 Å². The summed E-state index contributed by atoms with van der Waals surface area (Å²) in [7, 11) is 0. The van der Waals surface area contributed by atoms with Gasteiger partial charge >= 0.3 is 5.97 Å². The Bertz CT molecular complexity index is 105. The highest BCUT2D eigenvalue weighted by molar-refractivity contribution is 6.18. The van der Waals surface area contributed by atoms with Crippen LogP contribution in [0.5, 0.6) is 0 Å². The Hall–Kier alpha value is -0.280. The van der Waals surface area contributed by atoms with E-state index in [1.165, 1.54) is 0 Å². The molecule has 0 fully saturated rings. The molecule has 3 nitrogen and oxygen atoms in total. The Labute approximate surface area is 64.6 Å². The summed E-state index contributed by atoms with van der Waals surface area (Å²) in [6, 6.07) is 0. The number of aliphatic carboxylic acids is 1. The normalized spacial score (nSPS) is 13.0. The van der Waals surface area contributed by atoms with Crippen molar-refractivity contribution in [2.75, 3.05) is 12.5 Å². The molecule has 1 atom stereocenters. The minimum Gasteiger partial charge on any atom is -0.481 e. The summed E-state index contributed by atoms with van der Waals surface area (Å²) in [5.74, 6) is -0.657. The minimum atomic E-state index is -0.862. The molecule has 0 saturated heterocycles. The quantitative estimate of drug-likeness (QED) is 0.592. The van der Waals surface area contributed by atoms with Gasteiger partial charge in [0.15, 0.2) is 0 Å². The number of alkyl halides is 1. The molecule has 0 spiro atoms. The third-order valence-electron chi connectivity index (χ3n) is 1.22. The van der Waals surface area contributed by atoms with Gasteiger partial charge in [-0.25, -0.2) is 0 Å². The maximum absolute atomic E-state index is 10.1. The zero-order chi connectivity index (χ0) is 7.98. The Kier molecular flexibility index (Phi) is 5.35. The van der Waals surface area contributed by atoms with Gasteiger partial charge in [0, 0.05) is 18.9 Å². The molecule has 0 aliphatic heterocycles. The van der Waals surface area contributed by atoms with Crippen molar-refractivity contribution in [3.8, 4) is 0 Å². The third kappa shape index (κ3) is 4.58. The first kappa shape index (κ1) is 9.72. The summed E-state index contributed by atoms with van der Waals surface area (Å²) in [5.41, 5.74) is 0. The predicted octanol–water partition coefficient (Wildman–Crippen LogP) is 0.698. The van der Waals surface area contributed by atoms with Gasteiger partial charge in [0.25, 0.3) is 0 Å². The predicted molar refractivity (Wildman–Crippen MR) is 38.2 cm³/mol. The van der Waals surface area contributed by atoms with Crippen LogP contribution in [0.1, 0.15) is 12.8 Å². The second kappa shape index (κ2) is 5.50. The summed E-state index contributed by atoms with van der Waals surface area (Å²) >= 11 is 5.42. The van der Waals surface area contributed by atoms with Crippen molar-refractivity contribution >= 4 is 17.6 Å². The van der Waals surface area contributed by atoms with E-state index < -0.39 is 5.97 Å². The first-order valence-corrected chi connectivity index (χ1v) is 3.62. The molecule has 0 saturated carbocycles. The molecule has 0 aliphatic rings. The van der Waals surface area contributed by atoms with Crippen molar-refractivity contribution < 1.29 is 15.0 Å². The largest absolute Gasteiger partial charge is 0.481 e. The lowest BCUT2D eigenvalue weighted by molar-refractivity contribution is -0.138. The zero-order valence-corrected chi connectivity index (χ0v) is 6.34. The lowest BCUT2D eigenvalue weighted by atomic mass is 10.1. The SMILES string of the molecule is O=C(O)CC(CCl)CCO. The van der Waals surface area contributed by atoms with E-state index in [1.807, 2.05) is 0 Å². The van der Waals surface area contributed by atoms with Crippen LogP contribution in [-0.4, -0.2) is 28.7 Å². The van der Waals surface area contributed by atoms with E-state index in [0.29, 0.717) is 12.3 Å². The molecule has 2 N–H and O–H groups in total. The number of carbonyl (C=O) groups is 1. The van der Waals surface area contributed by atoms with Gasteiger partial charge in [-0.05, 0) is 12.3 Å². The number of halogens is 1. The second-order valence-corrected chi connectivity index (χ2v) is 2.44. The molecule has 4 heteroatoms. The maximum atomic E-state index is 10.1. The average Bonchev–Trinajstić information content (AvgIpc) is 1.86. The molecule has 0 aromatic carbocycles. The number of hydrogen-bond acceptors (Lipinski definition) is 2. The van der Waals surface area contributed by atoms with E-state index in [-0.39, 0.29) is 18.9 Å². The number of hydrogen-bond donors (Lipinski definition) is 2. The van der Waals surface area contributed by atoms with Crippen LogP contribution >= 0.6 is 11.6 Å². The molecule has 0 radical (unpaired) electrons. The van der Waals surface area contributed by atoms with E-state index in [9.17, 15) is 4.79 Å². The van der Waals surface area contributed by atoms with Crippen LogP contribution in [0.4, 0.5) is 0 Å². The van der Waals surface area contributed by atoms with E-state index >= 15 is 0 Å². The van der Waals surface area contributed by atoms with Crippen LogP contribution < -0.4 is 0 Å². The first-order valence-electron chi connectivity index (χ1n) is 3.09. The van der Waals surface area contributed by atoms with Gasteiger partial charge in [-0.2, -0.15) is 0 Å². The highest BCUT2D eigenvalue weighted by Crippen LogP contribution is 2.09. The number of aliphatic hydroxyl groups excluding tert-OH is 1. The number of rotatable bonds is 5. The Morgan fingerprint density at radius 2 is 2.20 bits per heavy atom. The zero-order valence-electron chi connectivity index (χ0n) is 5.59. The molecular formula is C6H11ClO3. The van der Waals surface area contributed by atoms with Crippen LogP contribution in [0, 0.1) is 5.92 Å². The lowest BCUT2D eigenvalue weighted by Crippen LogP contribution is -2.10. The Balaban J connectivity index is 3.49. The minimum absolute atomic E-state index is 0.00463. The van der Waals surface area contributed by atoms with E-state index in [4.69, 9.17) is 21.8 Å². The van der Waals surface area contributed by atoms with Crippen LogP contribution in [0.25, 0.3) is 0 Å². The summed E-state index contributed by atoms with van der Waals surface area (Å²) in [6.07, 6.45) is 0.514. The highest BCUT2D eigenvalue weighted by Gasteiger charge is 2.10. The Morgan fingerprint density at radius 1 is 1.60 bits per heavy atom. The lowest BCUT2D eigenvalue weighted by Gasteiger charge is -2.07. The van der Waals surface area contributed by atoms with Gasteiger partial charge in [0.05, 0.1) is 0 Å². The molecule has 1 unspecified atom stereocenters. The molecule has 10 heavy (non-hydrogen) atoms. The fraction of sp³-hybridized carbons (Fsp3) is 0.833. The fourth-order valence-electron chi connectivity index (χ4n) is 0.663. The maximum Gasteiger partial charge on any atom is 0.303 e. The molecule has 0 aliphatic carbocycles. The van der Waals surface area contributed by atoms with Crippen molar-refractivity contribution in [1.82, 2.24) is 0 Å². The van der Waals surface area contributed by atoms with Gasteiger partial charge in [-0.15, -0.1) is 11.6 Å². The van der Waals surface area contributed by atoms with E-state index in [0.717, 1.165) is 0 Å². The summed E-state index contributed by atoms with van der Waals surface area (Å²) in [4.78, 5) is 10.1.